The van der Waals surface area contributed by atoms with Gasteiger partial charge in [-0.15, -0.1) is 0 Å². The van der Waals surface area contributed by atoms with Crippen molar-refractivity contribution in [3.63, 3.8) is 0 Å². The lowest BCUT2D eigenvalue weighted by Crippen LogP contribution is -2.33. The Kier molecular flexibility index (Phi) is 5.35. The number of phosphoric acid groups is 2. The van der Waals surface area contributed by atoms with Crippen molar-refractivity contribution < 1.29 is 47.6 Å². The molecule has 1 aliphatic rings. The smallest absolute Gasteiger partial charge is 0.478 e. The first-order chi connectivity index (χ1) is 12.5. The number of nitrogen functional groups attached to an aromatic ring is 1. The van der Waals surface area contributed by atoms with Crippen LogP contribution in [0.15, 0.2) is 12.7 Å². The van der Waals surface area contributed by atoms with Crippen molar-refractivity contribution in [1.29, 1.82) is 0 Å². The van der Waals surface area contributed by atoms with Gasteiger partial charge in [-0.05, 0) is 0 Å². The van der Waals surface area contributed by atoms with Gasteiger partial charge >= 0.3 is 7.82 Å². The molecule has 1 aliphatic heterocycles. The SMILES string of the molecule is Nc1ncnc2c1ncn2C1OC(COP(=O)(O)OP(=O)([O-])O)C(O)C1O. The maximum absolute atomic E-state index is 11.4. The normalized spacial score (nSPS) is 30.3. The van der Waals surface area contributed by atoms with Gasteiger partial charge in [0.05, 0.1) is 12.9 Å². The minimum absolute atomic E-state index is 0.0797. The molecule has 15 nitrogen and oxygen atoms in total. The van der Waals surface area contributed by atoms with Crippen molar-refractivity contribution in [3.05, 3.63) is 12.7 Å². The zero-order valence-electron chi connectivity index (χ0n) is 13.2. The number of nitrogens with zero attached hydrogens (tertiary/aromatic N) is 4. The van der Waals surface area contributed by atoms with E-state index in [1.54, 1.807) is 0 Å². The van der Waals surface area contributed by atoms with E-state index in [0.717, 1.165) is 6.33 Å². The van der Waals surface area contributed by atoms with Crippen molar-refractivity contribution in [3.8, 4) is 0 Å². The van der Waals surface area contributed by atoms with Crippen LogP contribution in [0.5, 0.6) is 0 Å². The maximum Gasteiger partial charge on any atom is 0.478 e. The summed E-state index contributed by atoms with van der Waals surface area (Å²) < 4.78 is 36.5. The lowest BCUT2D eigenvalue weighted by molar-refractivity contribution is -0.212. The van der Waals surface area contributed by atoms with Crippen LogP contribution < -0.4 is 10.6 Å². The largest absolute Gasteiger partial charge is 0.756 e. The van der Waals surface area contributed by atoms with E-state index in [1.807, 2.05) is 0 Å². The molecule has 0 spiro atoms. The van der Waals surface area contributed by atoms with Crippen LogP contribution in [0.25, 0.3) is 11.2 Å². The van der Waals surface area contributed by atoms with Crippen LogP contribution in [0, 0.1) is 0 Å². The molecule has 27 heavy (non-hydrogen) atoms. The lowest BCUT2D eigenvalue weighted by atomic mass is 10.1. The Balaban J connectivity index is 1.75. The fourth-order valence-corrected chi connectivity index (χ4v) is 4.04. The highest BCUT2D eigenvalue weighted by molar-refractivity contribution is 7.60. The van der Waals surface area contributed by atoms with Gasteiger partial charge in [0.15, 0.2) is 17.7 Å². The van der Waals surface area contributed by atoms with Crippen molar-refractivity contribution in [1.82, 2.24) is 19.5 Å². The highest BCUT2D eigenvalue weighted by atomic mass is 31.3. The summed E-state index contributed by atoms with van der Waals surface area (Å²) in [5.74, 6) is 0.0797. The summed E-state index contributed by atoms with van der Waals surface area (Å²) in [6, 6.07) is 0. The third kappa shape index (κ3) is 4.33. The molecular weight excluding hydrogens is 412 g/mol. The number of nitrogens with two attached hydrogens (primary N) is 1. The maximum atomic E-state index is 11.4. The molecule has 6 atom stereocenters. The third-order valence-electron chi connectivity index (χ3n) is 3.61. The van der Waals surface area contributed by atoms with E-state index < -0.39 is 46.8 Å². The highest BCUT2D eigenvalue weighted by Crippen LogP contribution is 2.55. The van der Waals surface area contributed by atoms with Gasteiger partial charge in [0.25, 0.3) is 7.82 Å². The molecule has 3 heterocycles. The Morgan fingerprint density at radius 1 is 1.26 bits per heavy atom. The Labute approximate surface area is 150 Å². The summed E-state index contributed by atoms with van der Waals surface area (Å²) >= 11 is 0. The minimum atomic E-state index is -5.54. The number of anilines is 1. The zero-order chi connectivity index (χ0) is 20.0. The molecule has 1 saturated heterocycles. The molecule has 3 rings (SSSR count). The molecule has 6 unspecified atom stereocenters. The van der Waals surface area contributed by atoms with Crippen LogP contribution in [0.2, 0.25) is 0 Å². The van der Waals surface area contributed by atoms with E-state index in [-0.39, 0.29) is 17.0 Å². The number of aliphatic hydroxyl groups excluding tert-OH is 2. The number of aromatic nitrogens is 4. The Morgan fingerprint density at radius 2 is 1.96 bits per heavy atom. The summed E-state index contributed by atoms with van der Waals surface area (Å²) in [5.41, 5.74) is 6.09. The van der Waals surface area contributed by atoms with Crippen molar-refractivity contribution in [2.75, 3.05) is 12.3 Å². The summed E-state index contributed by atoms with van der Waals surface area (Å²) in [6.45, 7) is -0.841. The van der Waals surface area contributed by atoms with Crippen LogP contribution in [0.1, 0.15) is 6.23 Å². The highest BCUT2D eigenvalue weighted by Gasteiger charge is 2.45. The van der Waals surface area contributed by atoms with E-state index in [2.05, 4.69) is 23.8 Å². The van der Waals surface area contributed by atoms with Gasteiger partial charge in [-0.1, -0.05) is 0 Å². The van der Waals surface area contributed by atoms with Gasteiger partial charge in [-0.3, -0.25) is 13.7 Å². The number of fused-ring (bicyclic) bond motifs is 1. The van der Waals surface area contributed by atoms with Crippen LogP contribution in [0.3, 0.4) is 0 Å². The van der Waals surface area contributed by atoms with Gasteiger partial charge in [0.2, 0.25) is 0 Å². The summed E-state index contributed by atoms with van der Waals surface area (Å²) in [6.07, 6.45) is -3.27. The van der Waals surface area contributed by atoms with Crippen molar-refractivity contribution >= 4 is 32.6 Å². The molecule has 1 fully saturated rings. The molecule has 2 aromatic rings. The molecule has 2 aromatic heterocycles. The molecule has 150 valence electrons. The van der Waals surface area contributed by atoms with E-state index >= 15 is 0 Å². The van der Waals surface area contributed by atoms with Crippen LogP contribution >= 0.6 is 15.6 Å². The molecule has 0 aromatic carbocycles. The summed E-state index contributed by atoms with van der Waals surface area (Å²) in [5, 5.41) is 20.3. The van der Waals surface area contributed by atoms with E-state index in [9.17, 15) is 29.1 Å². The zero-order valence-corrected chi connectivity index (χ0v) is 15.0. The fourth-order valence-electron chi connectivity index (χ4n) is 2.47. The first-order valence-corrected chi connectivity index (χ1v) is 10.1. The molecule has 0 amide bonds. The van der Waals surface area contributed by atoms with Crippen LogP contribution in [-0.2, 0) is 22.7 Å². The quantitative estimate of drug-likeness (QED) is 0.303. The number of hydrogen-bond donors (Lipinski definition) is 5. The molecule has 0 radical (unpaired) electrons. The number of phosphoric ester groups is 1. The van der Waals surface area contributed by atoms with Crippen molar-refractivity contribution in [2.45, 2.75) is 24.5 Å². The second kappa shape index (κ2) is 7.14. The number of hydrogen-bond acceptors (Lipinski definition) is 12. The van der Waals surface area contributed by atoms with E-state index in [0.29, 0.717) is 0 Å². The topological polar surface area (TPSA) is 235 Å². The van der Waals surface area contributed by atoms with Gasteiger partial charge in [-0.2, -0.15) is 0 Å². The van der Waals surface area contributed by atoms with E-state index in [1.165, 1.54) is 10.9 Å². The first-order valence-electron chi connectivity index (χ1n) is 7.15. The Morgan fingerprint density at radius 3 is 2.63 bits per heavy atom. The van der Waals surface area contributed by atoms with Crippen LogP contribution in [0.4, 0.5) is 5.82 Å². The molecule has 17 heteroatoms. The third-order valence-corrected chi connectivity index (χ3v) is 5.73. The Bertz CT molecular complexity index is 932. The predicted octanol–water partition coefficient (Wildman–Crippen LogP) is -2.38. The molecule has 0 bridgehead atoms. The summed E-state index contributed by atoms with van der Waals surface area (Å²) in [7, 11) is -10.7. The van der Waals surface area contributed by atoms with E-state index in [4.69, 9.17) is 15.4 Å². The monoisotopic (exact) mass is 426 g/mol. The van der Waals surface area contributed by atoms with Gasteiger partial charge in [0.1, 0.15) is 30.2 Å². The fraction of sp³-hybridized carbons (Fsp3) is 0.500. The standard InChI is InChI=1S/C10H15N5O10P2/c11-8-5-9(13-2-12-8)15(3-14-5)10-7(17)6(16)4(24-10)1-23-27(21,22)25-26(18,19)20/h2-4,6-7,10,16-17H,1H2,(H,21,22)(H2,11,12,13)(H2,18,19,20)/p-1. The number of aliphatic hydroxyl groups is 2. The van der Waals surface area contributed by atoms with Gasteiger partial charge in [0, 0.05) is 0 Å². The number of imidazole rings is 1. The molecular formula is C10H14N5O10P2-. The second-order valence-electron chi connectivity index (χ2n) is 5.44. The Hall–Kier alpha value is -1.51. The minimum Gasteiger partial charge on any atom is -0.756 e. The van der Waals surface area contributed by atoms with Crippen LogP contribution in [-0.4, -0.2) is 64.4 Å². The predicted molar refractivity (Wildman–Crippen MR) is 82.3 cm³/mol. The second-order valence-corrected chi connectivity index (χ2v) is 8.23. The van der Waals surface area contributed by atoms with Gasteiger partial charge < -0.3 is 35.4 Å². The van der Waals surface area contributed by atoms with Gasteiger partial charge in [-0.25, -0.2) is 23.8 Å². The lowest BCUT2D eigenvalue weighted by Gasteiger charge is -2.21. The summed E-state index contributed by atoms with van der Waals surface area (Å²) in [4.78, 5) is 39.9. The molecule has 0 saturated carbocycles. The number of ether oxygens (including phenoxy) is 1. The van der Waals surface area contributed by atoms with Crippen molar-refractivity contribution in [2.24, 2.45) is 0 Å². The average Bonchev–Trinajstić information content (AvgIpc) is 3.07. The first kappa shape index (κ1) is 20.2. The molecule has 6 N–H and O–H groups in total. The number of rotatable bonds is 6. The molecule has 0 aliphatic carbocycles. The average molecular weight is 426 g/mol.